The van der Waals surface area contributed by atoms with E-state index in [1.807, 2.05) is 16.8 Å². The molecular weight excluding hydrogens is 342 g/mol. The zero-order valence-electron chi connectivity index (χ0n) is 16.9. The molecule has 27 heavy (non-hydrogen) atoms. The summed E-state index contributed by atoms with van der Waals surface area (Å²) < 4.78 is 18.8. The van der Waals surface area contributed by atoms with Crippen molar-refractivity contribution in [1.29, 1.82) is 0 Å². The van der Waals surface area contributed by atoms with Crippen molar-refractivity contribution in [3.05, 3.63) is 41.2 Å². The highest BCUT2D eigenvalue weighted by atomic mass is 16.5. The van der Waals surface area contributed by atoms with Crippen LogP contribution in [-0.4, -0.2) is 48.2 Å². The van der Waals surface area contributed by atoms with Gasteiger partial charge in [-0.15, -0.1) is 0 Å². The number of nitrogens with zero attached hydrogens (tertiary/aromatic N) is 3. The Kier molecular flexibility index (Phi) is 6.74. The van der Waals surface area contributed by atoms with Crippen molar-refractivity contribution >= 4 is 0 Å². The van der Waals surface area contributed by atoms with Crippen molar-refractivity contribution in [3.8, 4) is 11.5 Å². The van der Waals surface area contributed by atoms with Crippen molar-refractivity contribution in [2.24, 2.45) is 0 Å². The highest BCUT2D eigenvalue weighted by molar-refractivity contribution is 5.40. The van der Waals surface area contributed by atoms with E-state index in [0.717, 1.165) is 68.4 Å². The zero-order valence-corrected chi connectivity index (χ0v) is 16.9. The molecule has 0 saturated carbocycles. The van der Waals surface area contributed by atoms with Gasteiger partial charge in [0.25, 0.3) is 0 Å². The van der Waals surface area contributed by atoms with Gasteiger partial charge in [-0.25, -0.2) is 0 Å². The van der Waals surface area contributed by atoms with E-state index >= 15 is 0 Å². The maximum absolute atomic E-state index is 5.89. The lowest BCUT2D eigenvalue weighted by Crippen LogP contribution is -2.31. The van der Waals surface area contributed by atoms with Gasteiger partial charge in [0, 0.05) is 56.2 Å². The lowest BCUT2D eigenvalue weighted by molar-refractivity contribution is 0.0675. The predicted octanol–water partition coefficient (Wildman–Crippen LogP) is 3.41. The number of hydrogen-bond donors (Lipinski definition) is 0. The Morgan fingerprint density at radius 3 is 2.67 bits per heavy atom. The van der Waals surface area contributed by atoms with Gasteiger partial charge in [-0.1, -0.05) is 6.07 Å². The lowest BCUT2D eigenvalue weighted by Gasteiger charge is -2.26. The van der Waals surface area contributed by atoms with Crippen molar-refractivity contribution in [2.75, 3.05) is 27.4 Å². The molecule has 1 fully saturated rings. The van der Waals surface area contributed by atoms with Crippen molar-refractivity contribution in [1.82, 2.24) is 14.7 Å². The number of hydrogen-bond acceptors (Lipinski definition) is 5. The molecule has 0 bridgehead atoms. The van der Waals surface area contributed by atoms with Crippen LogP contribution in [0.4, 0.5) is 0 Å². The molecule has 1 aliphatic heterocycles. The monoisotopic (exact) mass is 373 g/mol. The van der Waals surface area contributed by atoms with Crippen molar-refractivity contribution in [3.63, 3.8) is 0 Å². The van der Waals surface area contributed by atoms with Crippen LogP contribution in [0.5, 0.6) is 11.5 Å². The predicted molar refractivity (Wildman–Crippen MR) is 105 cm³/mol. The van der Waals surface area contributed by atoms with Gasteiger partial charge in [-0.3, -0.25) is 9.58 Å². The minimum absolute atomic E-state index is 0.302. The van der Waals surface area contributed by atoms with Gasteiger partial charge in [0.15, 0.2) is 0 Å². The first kappa shape index (κ1) is 19.7. The fraction of sp³-hybridized carbons (Fsp3) is 0.571. The van der Waals surface area contributed by atoms with Crippen LogP contribution < -0.4 is 9.47 Å². The number of aromatic nitrogens is 2. The van der Waals surface area contributed by atoms with Crippen LogP contribution in [0.3, 0.4) is 0 Å². The second kappa shape index (κ2) is 9.24. The van der Waals surface area contributed by atoms with Gasteiger partial charge in [0.1, 0.15) is 11.5 Å². The van der Waals surface area contributed by atoms with Crippen LogP contribution >= 0.6 is 0 Å². The Labute approximate surface area is 162 Å². The molecular formula is C21H31N3O3. The topological polar surface area (TPSA) is 48.8 Å². The summed E-state index contributed by atoms with van der Waals surface area (Å²) in [6.45, 7) is 8.51. The summed E-state index contributed by atoms with van der Waals surface area (Å²) in [6, 6.07) is 6.02. The second-order valence-electron chi connectivity index (χ2n) is 7.08. The molecule has 0 spiro atoms. The average molecular weight is 373 g/mol. The Balaban J connectivity index is 1.79. The first-order chi connectivity index (χ1) is 13.1. The molecule has 1 aromatic carbocycles. The van der Waals surface area contributed by atoms with Crippen molar-refractivity contribution < 1.29 is 14.2 Å². The summed E-state index contributed by atoms with van der Waals surface area (Å²) in [6.07, 6.45) is 4.74. The summed E-state index contributed by atoms with van der Waals surface area (Å²) in [5.41, 5.74) is 3.51. The number of methoxy groups -OCH3 is 2. The fourth-order valence-electron chi connectivity index (χ4n) is 3.60. The van der Waals surface area contributed by atoms with E-state index in [-0.39, 0.29) is 0 Å². The van der Waals surface area contributed by atoms with Crippen LogP contribution in [0, 0.1) is 6.92 Å². The minimum atomic E-state index is 0.302. The molecule has 1 aliphatic rings. The number of benzene rings is 1. The number of ether oxygens (including phenoxy) is 3. The Bertz CT molecular complexity index is 738. The van der Waals surface area contributed by atoms with E-state index in [1.165, 1.54) is 5.56 Å². The summed E-state index contributed by atoms with van der Waals surface area (Å²) in [4.78, 5) is 2.43. The third kappa shape index (κ3) is 5.02. The van der Waals surface area contributed by atoms with Gasteiger partial charge >= 0.3 is 0 Å². The Morgan fingerprint density at radius 1 is 1.22 bits per heavy atom. The van der Waals surface area contributed by atoms with E-state index in [1.54, 1.807) is 14.2 Å². The first-order valence-electron chi connectivity index (χ1n) is 9.70. The summed E-state index contributed by atoms with van der Waals surface area (Å²) in [5, 5.41) is 4.59. The molecule has 6 nitrogen and oxygen atoms in total. The highest BCUT2D eigenvalue weighted by Crippen LogP contribution is 2.27. The van der Waals surface area contributed by atoms with Crippen LogP contribution in [0.1, 0.15) is 36.6 Å². The van der Waals surface area contributed by atoms with Crippen molar-refractivity contribution in [2.45, 2.75) is 52.4 Å². The van der Waals surface area contributed by atoms with E-state index in [9.17, 15) is 0 Å². The van der Waals surface area contributed by atoms with E-state index in [0.29, 0.717) is 6.10 Å². The quantitative estimate of drug-likeness (QED) is 0.674. The van der Waals surface area contributed by atoms with Gasteiger partial charge in [0.2, 0.25) is 0 Å². The molecule has 0 radical (unpaired) electrons. The summed E-state index contributed by atoms with van der Waals surface area (Å²) in [7, 11) is 3.38. The largest absolute Gasteiger partial charge is 0.497 e. The number of rotatable bonds is 9. The molecule has 2 heterocycles. The Hall–Kier alpha value is -2.05. The number of aryl methyl sites for hydroxylation is 2. The zero-order chi connectivity index (χ0) is 19.2. The molecule has 0 unspecified atom stereocenters. The van der Waals surface area contributed by atoms with Crippen LogP contribution in [0.25, 0.3) is 0 Å². The molecule has 6 heteroatoms. The highest BCUT2D eigenvalue weighted by Gasteiger charge is 2.21. The van der Waals surface area contributed by atoms with Gasteiger partial charge in [-0.2, -0.15) is 5.10 Å². The molecule has 3 rings (SSSR count). The average Bonchev–Trinajstić information content (AvgIpc) is 3.31. The molecule has 1 aromatic heterocycles. The van der Waals surface area contributed by atoms with E-state index in [2.05, 4.69) is 36.1 Å². The molecule has 0 amide bonds. The summed E-state index contributed by atoms with van der Waals surface area (Å²) in [5.74, 6) is 1.66. The molecule has 2 aromatic rings. The molecule has 148 valence electrons. The van der Waals surface area contributed by atoms with E-state index < -0.39 is 0 Å². The third-order valence-corrected chi connectivity index (χ3v) is 5.14. The second-order valence-corrected chi connectivity index (χ2v) is 7.08. The maximum Gasteiger partial charge on any atom is 0.127 e. The lowest BCUT2D eigenvalue weighted by atomic mass is 10.1. The smallest absolute Gasteiger partial charge is 0.127 e. The molecule has 1 atom stereocenters. The van der Waals surface area contributed by atoms with Gasteiger partial charge in [-0.05, 0) is 32.8 Å². The third-order valence-electron chi connectivity index (χ3n) is 5.14. The minimum Gasteiger partial charge on any atom is -0.497 e. The first-order valence-corrected chi connectivity index (χ1v) is 9.70. The van der Waals surface area contributed by atoms with Gasteiger partial charge in [0.05, 0.1) is 26.0 Å². The van der Waals surface area contributed by atoms with E-state index in [4.69, 9.17) is 14.2 Å². The maximum atomic E-state index is 5.89. The van der Waals surface area contributed by atoms with Crippen LogP contribution in [0.2, 0.25) is 0 Å². The standard InChI is InChI=1S/C21H31N3O3/c1-5-24-14-18(16(2)22-24)13-23(15-20-7-6-10-27-20)12-17-8-9-19(25-3)11-21(17)26-4/h8-9,11,14,20H,5-7,10,12-13,15H2,1-4H3/t20-/m1/s1. The molecule has 1 saturated heterocycles. The molecule has 0 N–H and O–H groups in total. The summed E-state index contributed by atoms with van der Waals surface area (Å²) >= 11 is 0. The fourth-order valence-corrected chi connectivity index (χ4v) is 3.60. The SMILES string of the molecule is CCn1cc(CN(Cc2ccc(OC)cc2OC)C[C@H]2CCCO2)c(C)n1. The molecule has 0 aliphatic carbocycles. The normalized spacial score (nSPS) is 16.9. The van der Waals surface area contributed by atoms with Crippen LogP contribution in [0.15, 0.2) is 24.4 Å². The van der Waals surface area contributed by atoms with Gasteiger partial charge < -0.3 is 14.2 Å². The van der Waals surface area contributed by atoms with Crippen LogP contribution in [-0.2, 0) is 24.4 Å². The Morgan fingerprint density at radius 2 is 2.04 bits per heavy atom.